The van der Waals surface area contributed by atoms with Gasteiger partial charge in [-0.2, -0.15) is 15.3 Å². The van der Waals surface area contributed by atoms with E-state index in [1.54, 1.807) is 0 Å². The average molecular weight is 327 g/mol. The first-order valence-corrected chi connectivity index (χ1v) is 8.71. The molecule has 1 amide bonds. The zero-order chi connectivity index (χ0) is 17.2. The molecule has 1 aromatic rings. The molecule has 1 unspecified atom stereocenters. The van der Waals surface area contributed by atoms with Crippen molar-refractivity contribution in [3.05, 3.63) is 17.5 Å². The number of terminal acetylenes is 1. The number of carbonyl (C=O) groups excluding carboxylic acids is 1. The molecule has 0 radical (unpaired) electrons. The molecule has 3 heterocycles. The van der Waals surface area contributed by atoms with Crippen LogP contribution >= 0.6 is 0 Å². The van der Waals surface area contributed by atoms with Crippen LogP contribution in [0.4, 0.5) is 0 Å². The molecule has 0 saturated carbocycles. The van der Waals surface area contributed by atoms with Crippen molar-refractivity contribution in [2.75, 3.05) is 13.1 Å². The highest BCUT2D eigenvalue weighted by atomic mass is 16.2. The summed E-state index contributed by atoms with van der Waals surface area (Å²) in [4.78, 5) is 14.6. The molecule has 0 bridgehead atoms. The molecule has 0 spiro atoms. The molecule has 1 fully saturated rings. The lowest BCUT2D eigenvalue weighted by Gasteiger charge is -2.33. The monoisotopic (exact) mass is 327 g/mol. The van der Waals surface area contributed by atoms with Crippen LogP contribution < -0.4 is 0 Å². The summed E-state index contributed by atoms with van der Waals surface area (Å²) < 4.78 is 2.08. The SMILES string of the molecule is C#CCCC1(CCC(=O)N2CCCC(n3nc(C)cc3C)C2)N=N1. The minimum atomic E-state index is -0.368. The first-order valence-electron chi connectivity index (χ1n) is 8.71. The summed E-state index contributed by atoms with van der Waals surface area (Å²) in [5.41, 5.74) is 1.83. The molecule has 0 aromatic carbocycles. The van der Waals surface area contributed by atoms with Gasteiger partial charge in [-0.15, -0.1) is 12.3 Å². The maximum Gasteiger partial charge on any atom is 0.222 e. The summed E-state index contributed by atoms with van der Waals surface area (Å²) in [6.07, 6.45) is 9.97. The normalized spacial score (nSPS) is 21.5. The van der Waals surface area contributed by atoms with Crippen molar-refractivity contribution < 1.29 is 4.79 Å². The summed E-state index contributed by atoms with van der Waals surface area (Å²) >= 11 is 0. The van der Waals surface area contributed by atoms with E-state index >= 15 is 0 Å². The van der Waals surface area contributed by atoms with Crippen molar-refractivity contribution in [3.8, 4) is 12.3 Å². The van der Waals surface area contributed by atoms with Gasteiger partial charge >= 0.3 is 0 Å². The molecule has 6 heteroatoms. The highest BCUT2D eigenvalue weighted by molar-refractivity contribution is 5.76. The van der Waals surface area contributed by atoms with Crippen LogP contribution in [0, 0.1) is 26.2 Å². The molecule has 24 heavy (non-hydrogen) atoms. The Hall–Kier alpha value is -2.16. The second-order valence-electron chi connectivity index (χ2n) is 6.89. The number of aryl methyl sites for hydroxylation is 2. The Labute approximate surface area is 143 Å². The maximum absolute atomic E-state index is 12.6. The third kappa shape index (κ3) is 3.66. The molecular formula is C18H25N5O. The number of hydrogen-bond acceptors (Lipinski definition) is 4. The van der Waals surface area contributed by atoms with E-state index in [4.69, 9.17) is 6.42 Å². The van der Waals surface area contributed by atoms with Gasteiger partial charge < -0.3 is 4.90 Å². The van der Waals surface area contributed by atoms with E-state index in [-0.39, 0.29) is 17.6 Å². The molecule has 2 aliphatic heterocycles. The average Bonchev–Trinajstić information content (AvgIpc) is 3.28. The van der Waals surface area contributed by atoms with Gasteiger partial charge in [0, 0.05) is 44.5 Å². The van der Waals surface area contributed by atoms with Crippen LogP contribution in [0.1, 0.15) is 56.0 Å². The lowest BCUT2D eigenvalue weighted by atomic mass is 10.0. The molecule has 3 rings (SSSR count). The number of carbonyl (C=O) groups is 1. The molecule has 0 N–H and O–H groups in total. The van der Waals surface area contributed by atoms with Crippen molar-refractivity contribution in [1.82, 2.24) is 14.7 Å². The predicted octanol–water partition coefficient (Wildman–Crippen LogP) is 3.02. The number of hydrogen-bond donors (Lipinski definition) is 0. The fourth-order valence-corrected chi connectivity index (χ4v) is 3.53. The summed E-state index contributed by atoms with van der Waals surface area (Å²) in [6.45, 7) is 5.66. The fourth-order valence-electron chi connectivity index (χ4n) is 3.53. The molecule has 128 valence electrons. The van der Waals surface area contributed by atoms with E-state index in [9.17, 15) is 4.79 Å². The Morgan fingerprint density at radius 2 is 2.21 bits per heavy atom. The van der Waals surface area contributed by atoms with Crippen molar-refractivity contribution >= 4 is 5.91 Å². The quantitative estimate of drug-likeness (QED) is 0.754. The number of piperidine rings is 1. The van der Waals surface area contributed by atoms with E-state index in [2.05, 4.69) is 38.9 Å². The first-order chi connectivity index (χ1) is 11.5. The summed E-state index contributed by atoms with van der Waals surface area (Å²) in [7, 11) is 0. The second kappa shape index (κ2) is 6.76. The maximum atomic E-state index is 12.6. The van der Waals surface area contributed by atoms with E-state index in [1.165, 1.54) is 0 Å². The van der Waals surface area contributed by atoms with Gasteiger partial charge in [0.15, 0.2) is 5.66 Å². The van der Waals surface area contributed by atoms with Crippen LogP contribution in [0.25, 0.3) is 0 Å². The second-order valence-corrected chi connectivity index (χ2v) is 6.89. The van der Waals surface area contributed by atoms with E-state index < -0.39 is 0 Å². The van der Waals surface area contributed by atoms with Gasteiger partial charge in [0.2, 0.25) is 5.91 Å². The van der Waals surface area contributed by atoms with Crippen molar-refractivity contribution in [3.63, 3.8) is 0 Å². The zero-order valence-electron chi connectivity index (χ0n) is 14.5. The molecular weight excluding hydrogens is 302 g/mol. The van der Waals surface area contributed by atoms with Gasteiger partial charge in [-0.1, -0.05) is 0 Å². The molecule has 0 aliphatic carbocycles. The largest absolute Gasteiger partial charge is 0.341 e. The Morgan fingerprint density at radius 1 is 1.42 bits per heavy atom. The number of aromatic nitrogens is 2. The first kappa shape index (κ1) is 16.7. The van der Waals surface area contributed by atoms with Gasteiger partial charge in [-0.3, -0.25) is 9.48 Å². The van der Waals surface area contributed by atoms with Crippen LogP contribution in [0.15, 0.2) is 16.3 Å². The van der Waals surface area contributed by atoms with Crippen LogP contribution in [0.3, 0.4) is 0 Å². The van der Waals surface area contributed by atoms with Gasteiger partial charge in [0.05, 0.1) is 11.7 Å². The summed E-state index contributed by atoms with van der Waals surface area (Å²) in [5.74, 6) is 2.81. The zero-order valence-corrected chi connectivity index (χ0v) is 14.5. The number of amides is 1. The minimum Gasteiger partial charge on any atom is -0.341 e. The van der Waals surface area contributed by atoms with Crippen LogP contribution in [0.2, 0.25) is 0 Å². The molecule has 2 aliphatic rings. The smallest absolute Gasteiger partial charge is 0.222 e. The topological polar surface area (TPSA) is 62.9 Å². The van der Waals surface area contributed by atoms with Crippen molar-refractivity contribution in [2.45, 2.75) is 64.1 Å². The van der Waals surface area contributed by atoms with E-state index in [1.807, 2.05) is 11.8 Å². The van der Waals surface area contributed by atoms with Gasteiger partial charge in [0.1, 0.15) is 0 Å². The summed E-state index contributed by atoms with van der Waals surface area (Å²) in [6, 6.07) is 2.37. The lowest BCUT2D eigenvalue weighted by molar-refractivity contribution is -0.133. The molecule has 1 atom stereocenters. The van der Waals surface area contributed by atoms with Gasteiger partial charge in [-0.25, -0.2) is 0 Å². The Bertz CT molecular complexity index is 678. The fraction of sp³-hybridized carbons (Fsp3) is 0.667. The van der Waals surface area contributed by atoms with E-state index in [0.717, 1.165) is 43.7 Å². The molecule has 1 aromatic heterocycles. The standard InChI is InChI=1S/C18H25N5O/c1-4-5-9-18(20-21-18)10-8-17(24)22-11-6-7-16(13-22)23-15(3)12-14(2)19-23/h1,12,16H,5-11,13H2,2-3H3. The number of nitrogens with zero attached hydrogens (tertiary/aromatic N) is 5. The summed E-state index contributed by atoms with van der Waals surface area (Å²) in [5, 5.41) is 12.8. The van der Waals surface area contributed by atoms with Crippen molar-refractivity contribution in [2.24, 2.45) is 10.2 Å². The Kier molecular flexibility index (Phi) is 4.70. The molecule has 6 nitrogen and oxygen atoms in total. The number of rotatable bonds is 6. The van der Waals surface area contributed by atoms with Crippen LogP contribution in [-0.2, 0) is 4.79 Å². The highest BCUT2D eigenvalue weighted by Crippen LogP contribution is 2.38. The highest BCUT2D eigenvalue weighted by Gasteiger charge is 2.40. The van der Waals surface area contributed by atoms with Crippen molar-refractivity contribution in [1.29, 1.82) is 0 Å². The van der Waals surface area contributed by atoms with E-state index in [0.29, 0.717) is 19.3 Å². The number of likely N-dealkylation sites (tertiary alicyclic amines) is 1. The third-order valence-electron chi connectivity index (χ3n) is 4.93. The Balaban J connectivity index is 1.54. The van der Waals surface area contributed by atoms with Crippen LogP contribution in [0.5, 0.6) is 0 Å². The Morgan fingerprint density at radius 3 is 2.83 bits per heavy atom. The van der Waals surface area contributed by atoms with Crippen LogP contribution in [-0.4, -0.2) is 39.3 Å². The van der Waals surface area contributed by atoms with Gasteiger partial charge in [0.25, 0.3) is 0 Å². The third-order valence-corrected chi connectivity index (χ3v) is 4.93. The van der Waals surface area contributed by atoms with Gasteiger partial charge in [-0.05, 0) is 32.8 Å². The minimum absolute atomic E-state index is 0.193. The lowest BCUT2D eigenvalue weighted by Crippen LogP contribution is -2.41. The molecule has 1 saturated heterocycles. The predicted molar refractivity (Wildman–Crippen MR) is 91.4 cm³/mol.